The van der Waals surface area contributed by atoms with Gasteiger partial charge in [-0.1, -0.05) is 30.3 Å². The van der Waals surface area contributed by atoms with Crippen LogP contribution in [0, 0.1) is 4.77 Å². The van der Waals surface area contributed by atoms with Gasteiger partial charge in [0.25, 0.3) is 0 Å². The molecule has 0 amide bonds. The van der Waals surface area contributed by atoms with E-state index in [1.54, 1.807) is 0 Å². The first-order chi connectivity index (χ1) is 10.2. The van der Waals surface area contributed by atoms with E-state index >= 15 is 0 Å². The fraction of sp³-hybridized carbons (Fsp3) is 0.467. The van der Waals surface area contributed by atoms with Gasteiger partial charge in [0.05, 0.1) is 19.9 Å². The van der Waals surface area contributed by atoms with Gasteiger partial charge in [-0.25, -0.2) is 4.68 Å². The molecule has 0 spiro atoms. The summed E-state index contributed by atoms with van der Waals surface area (Å²) in [5.41, 5.74) is 1.25. The third kappa shape index (κ3) is 3.40. The number of rotatable bonds is 4. The molecule has 1 aromatic carbocycles. The Balaban J connectivity index is 1.77. The summed E-state index contributed by atoms with van der Waals surface area (Å²) in [4.78, 5) is 2.32. The lowest BCUT2D eigenvalue weighted by molar-refractivity contribution is 0.0209. The van der Waals surface area contributed by atoms with Crippen molar-refractivity contribution in [3.8, 4) is 0 Å². The molecule has 0 aliphatic carbocycles. The average Bonchev–Trinajstić information content (AvgIpc) is 2.78. The highest BCUT2D eigenvalue weighted by atomic mass is 32.1. The average molecular weight is 304 g/mol. The van der Waals surface area contributed by atoms with E-state index in [-0.39, 0.29) is 0 Å². The van der Waals surface area contributed by atoms with E-state index in [0.717, 1.165) is 50.0 Å². The zero-order valence-corrected chi connectivity index (χ0v) is 13.1. The van der Waals surface area contributed by atoms with Crippen molar-refractivity contribution >= 4 is 12.2 Å². The SMILES string of the molecule is Cn1c(Cc2ccccc2)nn(CN2CCOCC2)c1=S. The van der Waals surface area contributed by atoms with Crippen LogP contribution in [0.15, 0.2) is 30.3 Å². The Kier molecular flexibility index (Phi) is 4.48. The van der Waals surface area contributed by atoms with Gasteiger partial charge >= 0.3 is 0 Å². The summed E-state index contributed by atoms with van der Waals surface area (Å²) in [7, 11) is 1.99. The molecule has 0 N–H and O–H groups in total. The second kappa shape index (κ2) is 6.51. The van der Waals surface area contributed by atoms with Crippen molar-refractivity contribution < 1.29 is 4.74 Å². The predicted molar refractivity (Wildman–Crippen MR) is 83.7 cm³/mol. The normalized spacial score (nSPS) is 16.2. The highest BCUT2D eigenvalue weighted by Crippen LogP contribution is 2.09. The maximum absolute atomic E-state index is 5.50. The highest BCUT2D eigenvalue weighted by molar-refractivity contribution is 7.71. The zero-order chi connectivity index (χ0) is 14.7. The van der Waals surface area contributed by atoms with E-state index in [2.05, 4.69) is 29.2 Å². The van der Waals surface area contributed by atoms with Crippen LogP contribution in [-0.2, 0) is 24.9 Å². The first-order valence-corrected chi connectivity index (χ1v) is 7.61. The molecule has 0 radical (unpaired) electrons. The monoisotopic (exact) mass is 304 g/mol. The summed E-state index contributed by atoms with van der Waals surface area (Å²) in [6.07, 6.45) is 0.803. The van der Waals surface area contributed by atoms with E-state index in [0.29, 0.717) is 0 Å². The number of ether oxygens (including phenoxy) is 1. The second-order valence-corrected chi connectivity index (χ2v) is 5.66. The Labute approximate surface area is 129 Å². The van der Waals surface area contributed by atoms with Crippen LogP contribution in [0.25, 0.3) is 0 Å². The van der Waals surface area contributed by atoms with E-state index in [9.17, 15) is 0 Å². The molecule has 1 saturated heterocycles. The molecule has 5 nitrogen and oxygen atoms in total. The number of hydrogen-bond acceptors (Lipinski definition) is 4. The third-order valence-corrected chi connectivity index (χ3v) is 4.26. The number of morpholine rings is 1. The van der Waals surface area contributed by atoms with E-state index in [1.807, 2.05) is 22.4 Å². The quantitative estimate of drug-likeness (QED) is 0.807. The Morgan fingerprint density at radius 1 is 1.19 bits per heavy atom. The minimum atomic E-state index is 0.741. The second-order valence-electron chi connectivity index (χ2n) is 5.29. The summed E-state index contributed by atoms with van der Waals surface area (Å²) < 4.78 is 10.1. The molecule has 0 atom stereocenters. The number of hydrogen-bond donors (Lipinski definition) is 0. The van der Waals surface area contributed by atoms with Crippen LogP contribution < -0.4 is 0 Å². The van der Waals surface area contributed by atoms with E-state index in [4.69, 9.17) is 22.1 Å². The Morgan fingerprint density at radius 2 is 1.90 bits per heavy atom. The van der Waals surface area contributed by atoms with Crippen LogP contribution >= 0.6 is 12.2 Å². The van der Waals surface area contributed by atoms with Gasteiger partial charge in [-0.3, -0.25) is 4.90 Å². The summed E-state index contributed by atoms with van der Waals surface area (Å²) >= 11 is 5.50. The van der Waals surface area contributed by atoms with Gasteiger partial charge in [0.2, 0.25) is 0 Å². The van der Waals surface area contributed by atoms with Gasteiger partial charge in [-0.2, -0.15) is 5.10 Å². The van der Waals surface area contributed by atoms with Crippen LogP contribution in [0.4, 0.5) is 0 Å². The smallest absolute Gasteiger partial charge is 0.198 e. The zero-order valence-electron chi connectivity index (χ0n) is 12.2. The standard InChI is InChI=1S/C15H20N4OS/c1-17-14(11-13-5-3-2-4-6-13)16-19(15(17)21)12-18-7-9-20-10-8-18/h2-6H,7-12H2,1H3. The summed E-state index contributed by atoms with van der Waals surface area (Å²) in [5.74, 6) is 0.999. The minimum absolute atomic E-state index is 0.741. The number of aromatic nitrogens is 3. The molecular formula is C15H20N4OS. The van der Waals surface area contributed by atoms with Crippen molar-refractivity contribution in [1.82, 2.24) is 19.2 Å². The van der Waals surface area contributed by atoms with E-state index in [1.165, 1.54) is 5.56 Å². The van der Waals surface area contributed by atoms with Crippen molar-refractivity contribution in [3.63, 3.8) is 0 Å². The summed E-state index contributed by atoms with van der Waals surface area (Å²) in [6, 6.07) is 10.4. The van der Waals surface area contributed by atoms with Gasteiger partial charge in [-0.15, -0.1) is 0 Å². The molecule has 1 fully saturated rings. The molecule has 1 aromatic heterocycles. The van der Waals surface area contributed by atoms with Gasteiger partial charge in [-0.05, 0) is 17.8 Å². The van der Waals surface area contributed by atoms with Crippen LogP contribution in [0.5, 0.6) is 0 Å². The number of nitrogens with zero attached hydrogens (tertiary/aromatic N) is 4. The molecule has 21 heavy (non-hydrogen) atoms. The lowest BCUT2D eigenvalue weighted by Gasteiger charge is -2.26. The first kappa shape index (κ1) is 14.4. The molecule has 0 bridgehead atoms. The molecule has 6 heteroatoms. The van der Waals surface area contributed by atoms with Crippen LogP contribution in [-0.4, -0.2) is 45.6 Å². The predicted octanol–water partition coefficient (Wildman–Crippen LogP) is 1.83. The molecule has 3 rings (SSSR count). The Morgan fingerprint density at radius 3 is 2.62 bits per heavy atom. The maximum atomic E-state index is 5.50. The summed E-state index contributed by atoms with van der Waals surface area (Å²) in [6.45, 7) is 4.19. The van der Waals surface area contributed by atoms with Crippen LogP contribution in [0.2, 0.25) is 0 Å². The third-order valence-electron chi connectivity index (χ3n) is 3.77. The van der Waals surface area contributed by atoms with Crippen molar-refractivity contribution in [2.45, 2.75) is 13.1 Å². The highest BCUT2D eigenvalue weighted by Gasteiger charge is 2.14. The van der Waals surface area contributed by atoms with Crippen molar-refractivity contribution in [1.29, 1.82) is 0 Å². The van der Waals surface area contributed by atoms with Crippen molar-refractivity contribution in [3.05, 3.63) is 46.5 Å². The van der Waals surface area contributed by atoms with Crippen LogP contribution in [0.1, 0.15) is 11.4 Å². The summed E-state index contributed by atoms with van der Waals surface area (Å²) in [5, 5.41) is 4.69. The van der Waals surface area contributed by atoms with Crippen molar-refractivity contribution in [2.75, 3.05) is 26.3 Å². The van der Waals surface area contributed by atoms with Crippen molar-refractivity contribution in [2.24, 2.45) is 7.05 Å². The van der Waals surface area contributed by atoms with Crippen LogP contribution in [0.3, 0.4) is 0 Å². The molecule has 2 heterocycles. The molecule has 0 saturated carbocycles. The Hall–Kier alpha value is -1.50. The number of benzene rings is 1. The van der Waals surface area contributed by atoms with Gasteiger partial charge in [0, 0.05) is 26.6 Å². The largest absolute Gasteiger partial charge is 0.379 e. The lowest BCUT2D eigenvalue weighted by Crippen LogP contribution is -2.37. The minimum Gasteiger partial charge on any atom is -0.379 e. The molecule has 1 aliphatic heterocycles. The van der Waals surface area contributed by atoms with Gasteiger partial charge < -0.3 is 9.30 Å². The molecule has 0 unspecified atom stereocenters. The lowest BCUT2D eigenvalue weighted by atomic mass is 10.1. The van der Waals surface area contributed by atoms with E-state index < -0.39 is 0 Å². The van der Waals surface area contributed by atoms with Gasteiger partial charge in [0.1, 0.15) is 5.82 Å². The first-order valence-electron chi connectivity index (χ1n) is 7.21. The Bertz CT molecular complexity index is 643. The fourth-order valence-electron chi connectivity index (χ4n) is 2.49. The van der Waals surface area contributed by atoms with Gasteiger partial charge in [0.15, 0.2) is 4.77 Å². The topological polar surface area (TPSA) is 35.2 Å². The maximum Gasteiger partial charge on any atom is 0.198 e. The fourth-order valence-corrected chi connectivity index (χ4v) is 2.69. The molecule has 1 aliphatic rings. The molecular weight excluding hydrogens is 284 g/mol. The molecule has 112 valence electrons. The molecule has 2 aromatic rings.